The highest BCUT2D eigenvalue weighted by atomic mass is 35.5. The maximum Gasteiger partial charge on any atom is 0.219 e. The summed E-state index contributed by atoms with van der Waals surface area (Å²) in [6.45, 7) is 2.54. The van der Waals surface area contributed by atoms with Gasteiger partial charge in [0.25, 0.3) is 0 Å². The van der Waals surface area contributed by atoms with Gasteiger partial charge in [-0.1, -0.05) is 139 Å². The number of nitrogens with zero attached hydrogens (tertiary/aromatic N) is 1. The van der Waals surface area contributed by atoms with Crippen LogP contribution in [-0.4, -0.2) is 28.4 Å². The van der Waals surface area contributed by atoms with E-state index in [-0.39, 0.29) is 11.9 Å². The number of carbonyl (C=O) groups excluding carboxylic acids is 1. The van der Waals surface area contributed by atoms with E-state index >= 15 is 0 Å². The molecule has 6 aromatic rings. The van der Waals surface area contributed by atoms with Gasteiger partial charge in [-0.2, -0.15) is 0 Å². The van der Waals surface area contributed by atoms with E-state index in [0.29, 0.717) is 24.5 Å². The van der Waals surface area contributed by atoms with Crippen molar-refractivity contribution >= 4 is 28.4 Å². The Balaban J connectivity index is 1.49. The van der Waals surface area contributed by atoms with E-state index in [1.165, 1.54) is 10.9 Å². The molecule has 0 aliphatic carbocycles. The first-order valence-corrected chi connectivity index (χ1v) is 15.4. The van der Waals surface area contributed by atoms with E-state index in [9.17, 15) is 4.79 Å². The Morgan fingerprint density at radius 3 is 1.82 bits per heavy atom. The molecule has 1 heterocycles. The molecule has 0 saturated carbocycles. The molecule has 5 aromatic carbocycles. The fourth-order valence-corrected chi connectivity index (χ4v) is 6.45. The van der Waals surface area contributed by atoms with Crippen molar-refractivity contribution in [3.05, 3.63) is 179 Å². The molecular formula is C39H36ClN3O. The summed E-state index contributed by atoms with van der Waals surface area (Å²) in [7, 11) is 0. The van der Waals surface area contributed by atoms with Gasteiger partial charge >= 0.3 is 0 Å². The highest BCUT2D eigenvalue weighted by Gasteiger charge is 2.38. The number of H-pyrrole nitrogens is 1. The Labute approximate surface area is 264 Å². The van der Waals surface area contributed by atoms with Gasteiger partial charge in [0, 0.05) is 48.2 Å². The zero-order chi connectivity index (χ0) is 30.4. The third kappa shape index (κ3) is 6.19. The zero-order valence-electron chi connectivity index (χ0n) is 24.8. The van der Waals surface area contributed by atoms with Crippen molar-refractivity contribution in [1.82, 2.24) is 15.2 Å². The zero-order valence-corrected chi connectivity index (χ0v) is 25.5. The molecule has 1 aromatic heterocycles. The maximum absolute atomic E-state index is 13.2. The van der Waals surface area contributed by atoms with Crippen LogP contribution < -0.4 is 5.32 Å². The van der Waals surface area contributed by atoms with Crippen molar-refractivity contribution in [2.75, 3.05) is 6.54 Å². The maximum atomic E-state index is 13.2. The largest absolute Gasteiger partial charge is 0.361 e. The molecule has 0 radical (unpaired) electrons. The Morgan fingerprint density at radius 2 is 1.25 bits per heavy atom. The van der Waals surface area contributed by atoms with Crippen LogP contribution in [-0.2, 0) is 23.3 Å². The van der Waals surface area contributed by atoms with Crippen molar-refractivity contribution in [3.63, 3.8) is 0 Å². The summed E-state index contributed by atoms with van der Waals surface area (Å²) in [5.74, 6) is 0.000352. The summed E-state index contributed by atoms with van der Waals surface area (Å²) in [4.78, 5) is 18.6. The van der Waals surface area contributed by atoms with Gasteiger partial charge in [-0.3, -0.25) is 10.1 Å². The molecule has 6 rings (SSSR count). The lowest BCUT2D eigenvalue weighted by Crippen LogP contribution is -2.54. The molecule has 2 N–H and O–H groups in total. The minimum atomic E-state index is -0.687. The van der Waals surface area contributed by atoms with Crippen LogP contribution in [0.5, 0.6) is 0 Å². The van der Waals surface area contributed by atoms with Crippen LogP contribution >= 0.6 is 11.6 Å². The highest BCUT2D eigenvalue weighted by Crippen LogP contribution is 2.38. The quantitative estimate of drug-likeness (QED) is 0.147. The minimum Gasteiger partial charge on any atom is -0.361 e. The number of hydrogen-bond acceptors (Lipinski definition) is 2. The number of carbonyl (C=O) groups is 1. The van der Waals surface area contributed by atoms with Crippen LogP contribution in [0.2, 0.25) is 5.02 Å². The van der Waals surface area contributed by atoms with Gasteiger partial charge in [0.05, 0.1) is 5.54 Å². The minimum absolute atomic E-state index is 0.000352. The van der Waals surface area contributed by atoms with Gasteiger partial charge in [0.15, 0.2) is 0 Å². The predicted octanol–water partition coefficient (Wildman–Crippen LogP) is 8.36. The Hall–Kier alpha value is -4.64. The van der Waals surface area contributed by atoms with Crippen molar-refractivity contribution < 1.29 is 4.79 Å². The molecule has 0 fully saturated rings. The van der Waals surface area contributed by atoms with Gasteiger partial charge in [-0.25, -0.2) is 0 Å². The van der Waals surface area contributed by atoms with E-state index < -0.39 is 5.54 Å². The molecule has 0 spiro atoms. The van der Waals surface area contributed by atoms with Crippen LogP contribution in [0.4, 0.5) is 0 Å². The van der Waals surface area contributed by atoms with Crippen molar-refractivity contribution in [1.29, 1.82) is 0 Å². The average molecular weight is 598 g/mol. The normalized spacial score (nSPS) is 12.2. The average Bonchev–Trinajstić information content (AvgIpc) is 3.48. The summed E-state index contributed by atoms with van der Waals surface area (Å²) in [5.41, 5.74) is 5.91. The molecule has 0 aliphatic heterocycles. The van der Waals surface area contributed by atoms with E-state index in [1.807, 2.05) is 35.2 Å². The number of rotatable bonds is 11. The summed E-state index contributed by atoms with van der Waals surface area (Å²) >= 11 is 6.58. The van der Waals surface area contributed by atoms with Crippen LogP contribution in [0, 0.1) is 0 Å². The number of nitrogens with one attached hydrogen (secondary N) is 2. The van der Waals surface area contributed by atoms with Crippen LogP contribution in [0.3, 0.4) is 0 Å². The second kappa shape index (κ2) is 13.3. The summed E-state index contributed by atoms with van der Waals surface area (Å²) in [5, 5.41) is 6.01. The highest BCUT2D eigenvalue weighted by molar-refractivity contribution is 6.31. The van der Waals surface area contributed by atoms with Gasteiger partial charge < -0.3 is 9.88 Å². The predicted molar refractivity (Wildman–Crippen MR) is 181 cm³/mol. The summed E-state index contributed by atoms with van der Waals surface area (Å²) < 4.78 is 0. The fraction of sp³-hybridized carbons (Fsp3) is 0.154. The molecule has 4 nitrogen and oxygen atoms in total. The molecule has 44 heavy (non-hydrogen) atoms. The molecule has 0 aliphatic rings. The SMILES string of the molecule is CC(=O)N(Cc1ccccc1Cl)CC(Cc1c[nH]c2ccccc12)NC(c1ccccc1)(c1ccccc1)c1ccccc1. The first-order chi connectivity index (χ1) is 21.5. The molecule has 1 unspecified atom stereocenters. The van der Waals surface area contributed by atoms with Crippen LogP contribution in [0.1, 0.15) is 34.7 Å². The number of benzene rings is 5. The fourth-order valence-electron chi connectivity index (χ4n) is 6.25. The lowest BCUT2D eigenvalue weighted by Gasteiger charge is -2.41. The molecule has 1 amide bonds. The van der Waals surface area contributed by atoms with Crippen LogP contribution in [0.25, 0.3) is 10.9 Å². The summed E-state index contributed by atoms with van der Waals surface area (Å²) in [6, 6.07) is 47.8. The van der Waals surface area contributed by atoms with Gasteiger partial charge in [0.2, 0.25) is 5.91 Å². The molecule has 220 valence electrons. The lowest BCUT2D eigenvalue weighted by molar-refractivity contribution is -0.129. The van der Waals surface area contributed by atoms with Gasteiger partial charge in [0.1, 0.15) is 0 Å². The Bertz CT molecular complexity index is 1720. The molecule has 0 bridgehead atoms. The van der Waals surface area contributed by atoms with E-state index in [1.54, 1.807) is 6.92 Å². The molecule has 5 heteroatoms. The second-order valence-corrected chi connectivity index (χ2v) is 11.7. The second-order valence-electron chi connectivity index (χ2n) is 11.2. The third-order valence-corrected chi connectivity index (χ3v) is 8.76. The lowest BCUT2D eigenvalue weighted by atomic mass is 9.76. The standard InChI is InChI=1S/C39H36ClN3O/c1-29(44)43(27-30-15-11-13-23-37(30)40)28-35(25-31-26-41-38-24-14-12-22-36(31)38)42-39(32-16-5-2-6-17-32,33-18-7-3-8-19-33)34-20-9-4-10-21-34/h2-24,26,35,41-42H,25,27-28H2,1H3. The summed E-state index contributed by atoms with van der Waals surface area (Å²) in [6.07, 6.45) is 2.80. The van der Waals surface area contributed by atoms with Crippen molar-refractivity contribution in [2.24, 2.45) is 0 Å². The van der Waals surface area contributed by atoms with E-state index in [4.69, 9.17) is 11.6 Å². The van der Waals surface area contributed by atoms with Gasteiger partial charge in [-0.15, -0.1) is 0 Å². The van der Waals surface area contributed by atoms with E-state index in [0.717, 1.165) is 27.8 Å². The van der Waals surface area contributed by atoms with Gasteiger partial charge in [-0.05, 0) is 46.4 Å². The Morgan fingerprint density at radius 1 is 0.727 bits per heavy atom. The number of amides is 1. The smallest absolute Gasteiger partial charge is 0.219 e. The van der Waals surface area contributed by atoms with Crippen molar-refractivity contribution in [3.8, 4) is 0 Å². The van der Waals surface area contributed by atoms with Crippen LogP contribution in [0.15, 0.2) is 146 Å². The first kappa shape index (κ1) is 29.4. The topological polar surface area (TPSA) is 48.1 Å². The molecule has 0 saturated heterocycles. The third-order valence-electron chi connectivity index (χ3n) is 8.39. The van der Waals surface area contributed by atoms with Crippen molar-refractivity contribution in [2.45, 2.75) is 31.5 Å². The molecule has 1 atom stereocenters. The monoisotopic (exact) mass is 597 g/mol. The van der Waals surface area contributed by atoms with E-state index in [2.05, 4.69) is 126 Å². The Kier molecular flexibility index (Phi) is 8.92. The number of aromatic nitrogens is 1. The number of hydrogen-bond donors (Lipinski definition) is 2. The number of fused-ring (bicyclic) bond motifs is 1. The number of para-hydroxylation sites is 1. The number of halogens is 1. The number of aromatic amines is 1. The molecular weight excluding hydrogens is 562 g/mol. The first-order valence-electron chi connectivity index (χ1n) is 15.0.